The molecule has 0 aliphatic heterocycles. The number of pyridine rings is 1. The number of benzene rings is 1. The number of nitrogens with zero attached hydrogens (tertiary/aromatic N) is 2. The lowest BCUT2D eigenvalue weighted by Crippen LogP contribution is -2.15. The molecule has 0 unspecified atom stereocenters. The molecule has 0 aliphatic rings. The fraction of sp³-hybridized carbons (Fsp3) is 0.111. The Hall–Kier alpha value is -2.97. The molecule has 3 N–H and O–H groups in total. The van der Waals surface area contributed by atoms with E-state index in [1.165, 1.54) is 18.3 Å². The molecule has 2 amide bonds. The van der Waals surface area contributed by atoms with Crippen LogP contribution >= 0.6 is 22.9 Å². The molecule has 9 heteroatoms. The Morgan fingerprint density at radius 1 is 1.15 bits per heavy atom. The summed E-state index contributed by atoms with van der Waals surface area (Å²) >= 11 is 7.19. The molecule has 0 fully saturated rings. The van der Waals surface area contributed by atoms with Crippen molar-refractivity contribution in [1.29, 1.82) is 0 Å². The standard InChI is InChI=1S/C18H16ClN5O2S/c1-11(25)21-13-3-2-4-14(7-13)22-17(26)8-15-10-27-18(23-15)24-16-6-5-12(19)9-20-16/h2-7,9-10H,8H2,1H3,(H,21,25)(H,22,26)(H,20,23,24). The minimum Gasteiger partial charge on any atom is -0.326 e. The number of carbonyl (C=O) groups is 2. The van der Waals surface area contributed by atoms with E-state index in [-0.39, 0.29) is 18.2 Å². The van der Waals surface area contributed by atoms with Crippen molar-refractivity contribution >= 4 is 57.1 Å². The highest BCUT2D eigenvalue weighted by Crippen LogP contribution is 2.21. The molecule has 0 aliphatic carbocycles. The number of carbonyl (C=O) groups excluding carboxylic acids is 2. The maximum atomic E-state index is 12.2. The van der Waals surface area contributed by atoms with E-state index in [2.05, 4.69) is 25.9 Å². The van der Waals surface area contributed by atoms with Crippen molar-refractivity contribution in [3.05, 3.63) is 58.7 Å². The summed E-state index contributed by atoms with van der Waals surface area (Å²) in [6, 6.07) is 10.4. The third-order valence-corrected chi connectivity index (χ3v) is 4.35. The van der Waals surface area contributed by atoms with Gasteiger partial charge in [0.25, 0.3) is 0 Å². The zero-order valence-electron chi connectivity index (χ0n) is 14.3. The Bertz CT molecular complexity index is 958. The van der Waals surface area contributed by atoms with E-state index in [0.717, 1.165) is 0 Å². The van der Waals surface area contributed by atoms with Crippen molar-refractivity contribution in [2.45, 2.75) is 13.3 Å². The van der Waals surface area contributed by atoms with E-state index in [1.807, 2.05) is 5.38 Å². The highest BCUT2D eigenvalue weighted by Gasteiger charge is 2.09. The molecule has 0 saturated heterocycles. The van der Waals surface area contributed by atoms with Gasteiger partial charge < -0.3 is 16.0 Å². The second-order valence-electron chi connectivity index (χ2n) is 5.62. The van der Waals surface area contributed by atoms with E-state index in [9.17, 15) is 9.59 Å². The maximum absolute atomic E-state index is 12.2. The Kier molecular flexibility index (Phi) is 6.00. The minimum atomic E-state index is -0.198. The molecular weight excluding hydrogens is 386 g/mol. The van der Waals surface area contributed by atoms with Crippen LogP contribution in [0.2, 0.25) is 5.02 Å². The van der Waals surface area contributed by atoms with Gasteiger partial charge in [0.05, 0.1) is 17.1 Å². The smallest absolute Gasteiger partial charge is 0.230 e. The van der Waals surface area contributed by atoms with Crippen molar-refractivity contribution in [2.24, 2.45) is 0 Å². The number of thiazole rings is 1. The summed E-state index contributed by atoms with van der Waals surface area (Å²) in [4.78, 5) is 31.9. The molecule has 3 rings (SSSR count). The number of halogens is 1. The largest absolute Gasteiger partial charge is 0.326 e. The summed E-state index contributed by atoms with van der Waals surface area (Å²) in [5.74, 6) is 0.257. The van der Waals surface area contributed by atoms with Crippen LogP contribution in [0.1, 0.15) is 12.6 Å². The molecule has 0 saturated carbocycles. The summed E-state index contributed by atoms with van der Waals surface area (Å²) < 4.78 is 0. The van der Waals surface area contributed by atoms with Gasteiger partial charge in [-0.15, -0.1) is 11.3 Å². The fourth-order valence-corrected chi connectivity index (χ4v) is 3.08. The second-order valence-corrected chi connectivity index (χ2v) is 6.91. The Balaban J connectivity index is 1.57. The van der Waals surface area contributed by atoms with Crippen LogP contribution in [-0.2, 0) is 16.0 Å². The van der Waals surface area contributed by atoms with Gasteiger partial charge in [0, 0.05) is 29.9 Å². The normalized spacial score (nSPS) is 10.3. The van der Waals surface area contributed by atoms with Gasteiger partial charge in [0.2, 0.25) is 11.8 Å². The first-order valence-corrected chi connectivity index (χ1v) is 9.24. The third-order valence-electron chi connectivity index (χ3n) is 3.32. The summed E-state index contributed by atoms with van der Waals surface area (Å²) in [7, 11) is 0. The number of nitrogens with one attached hydrogen (secondary N) is 3. The summed E-state index contributed by atoms with van der Waals surface area (Å²) in [5.41, 5.74) is 1.87. The number of amides is 2. The lowest BCUT2D eigenvalue weighted by atomic mass is 10.2. The molecule has 0 spiro atoms. The average molecular weight is 402 g/mol. The van der Waals surface area contributed by atoms with Gasteiger partial charge in [0.15, 0.2) is 5.13 Å². The molecular formula is C18H16ClN5O2S. The SMILES string of the molecule is CC(=O)Nc1cccc(NC(=O)Cc2csc(Nc3ccc(Cl)cn3)n2)c1. The topological polar surface area (TPSA) is 96.0 Å². The number of anilines is 4. The summed E-state index contributed by atoms with van der Waals surface area (Å²) in [6.07, 6.45) is 1.68. The fourth-order valence-electron chi connectivity index (χ4n) is 2.25. The Morgan fingerprint density at radius 3 is 2.63 bits per heavy atom. The number of aromatic nitrogens is 2. The molecule has 138 valence electrons. The maximum Gasteiger partial charge on any atom is 0.230 e. The van der Waals surface area contributed by atoms with Crippen LogP contribution in [0.5, 0.6) is 0 Å². The van der Waals surface area contributed by atoms with Crippen LogP contribution in [0.25, 0.3) is 0 Å². The van der Waals surface area contributed by atoms with Crippen molar-refractivity contribution in [2.75, 3.05) is 16.0 Å². The third kappa shape index (κ3) is 5.77. The van der Waals surface area contributed by atoms with Gasteiger partial charge in [-0.05, 0) is 30.3 Å². The highest BCUT2D eigenvalue weighted by atomic mass is 35.5. The van der Waals surface area contributed by atoms with Gasteiger partial charge in [-0.3, -0.25) is 9.59 Å². The molecule has 27 heavy (non-hydrogen) atoms. The molecule has 0 bridgehead atoms. The predicted octanol–water partition coefficient (Wildman–Crippen LogP) is 4.07. The Morgan fingerprint density at radius 2 is 1.93 bits per heavy atom. The summed E-state index contributed by atoms with van der Waals surface area (Å²) in [5, 5.41) is 11.5. The van der Waals surface area contributed by atoms with Gasteiger partial charge in [-0.25, -0.2) is 9.97 Å². The predicted molar refractivity (Wildman–Crippen MR) is 108 cm³/mol. The zero-order valence-corrected chi connectivity index (χ0v) is 15.9. The Labute approximate surface area is 164 Å². The second kappa shape index (κ2) is 8.61. The van der Waals surface area contributed by atoms with E-state index >= 15 is 0 Å². The van der Waals surface area contributed by atoms with Crippen molar-refractivity contribution < 1.29 is 9.59 Å². The summed E-state index contributed by atoms with van der Waals surface area (Å²) in [6.45, 7) is 1.43. The van der Waals surface area contributed by atoms with Crippen LogP contribution in [0.15, 0.2) is 48.0 Å². The zero-order chi connectivity index (χ0) is 19.2. The number of hydrogen-bond donors (Lipinski definition) is 3. The van der Waals surface area contributed by atoms with E-state index in [1.54, 1.807) is 42.6 Å². The van der Waals surface area contributed by atoms with Gasteiger partial charge in [0.1, 0.15) is 5.82 Å². The lowest BCUT2D eigenvalue weighted by Gasteiger charge is -2.07. The van der Waals surface area contributed by atoms with Crippen molar-refractivity contribution in [3.63, 3.8) is 0 Å². The van der Waals surface area contributed by atoms with Crippen LogP contribution < -0.4 is 16.0 Å². The van der Waals surface area contributed by atoms with Crippen LogP contribution in [-0.4, -0.2) is 21.8 Å². The monoisotopic (exact) mass is 401 g/mol. The van der Waals surface area contributed by atoms with Crippen LogP contribution in [0.4, 0.5) is 22.3 Å². The first-order chi connectivity index (χ1) is 13.0. The molecule has 1 aromatic carbocycles. The molecule has 0 radical (unpaired) electrons. The molecule has 7 nitrogen and oxygen atoms in total. The molecule has 2 heterocycles. The van der Waals surface area contributed by atoms with Gasteiger partial charge >= 0.3 is 0 Å². The first kappa shape index (κ1) is 18.8. The van der Waals surface area contributed by atoms with Crippen molar-refractivity contribution in [1.82, 2.24) is 9.97 Å². The van der Waals surface area contributed by atoms with E-state index in [0.29, 0.717) is 33.0 Å². The molecule has 0 atom stereocenters. The minimum absolute atomic E-state index is 0.136. The van der Waals surface area contributed by atoms with Crippen LogP contribution in [0.3, 0.4) is 0 Å². The van der Waals surface area contributed by atoms with Gasteiger partial charge in [-0.1, -0.05) is 17.7 Å². The van der Waals surface area contributed by atoms with Crippen LogP contribution in [0, 0.1) is 0 Å². The molecule has 3 aromatic rings. The highest BCUT2D eigenvalue weighted by molar-refractivity contribution is 7.13. The molecule has 2 aromatic heterocycles. The average Bonchev–Trinajstić information content (AvgIpc) is 3.03. The van der Waals surface area contributed by atoms with Crippen molar-refractivity contribution in [3.8, 4) is 0 Å². The number of rotatable bonds is 6. The van der Waals surface area contributed by atoms with Gasteiger partial charge in [-0.2, -0.15) is 0 Å². The number of hydrogen-bond acceptors (Lipinski definition) is 6. The van der Waals surface area contributed by atoms with E-state index < -0.39 is 0 Å². The quantitative estimate of drug-likeness (QED) is 0.578. The van der Waals surface area contributed by atoms with E-state index in [4.69, 9.17) is 11.6 Å². The lowest BCUT2D eigenvalue weighted by molar-refractivity contribution is -0.116. The first-order valence-electron chi connectivity index (χ1n) is 7.98.